The van der Waals surface area contributed by atoms with Crippen LogP contribution >= 0.6 is 0 Å². The van der Waals surface area contributed by atoms with Crippen LogP contribution in [0, 0.1) is 5.82 Å². The lowest BCUT2D eigenvalue weighted by atomic mass is 10.2. The van der Waals surface area contributed by atoms with Crippen molar-refractivity contribution >= 4 is 5.91 Å². The summed E-state index contributed by atoms with van der Waals surface area (Å²) in [6, 6.07) is 5.88. The monoisotopic (exact) mass is 193 g/mol. The van der Waals surface area contributed by atoms with Crippen LogP contribution in [0.25, 0.3) is 0 Å². The molecular formula is C11H12FNO. The van der Waals surface area contributed by atoms with E-state index in [0.717, 1.165) is 5.57 Å². The highest BCUT2D eigenvalue weighted by Gasteiger charge is 2.09. The van der Waals surface area contributed by atoms with Crippen LogP contribution in [0.4, 0.5) is 4.39 Å². The topological polar surface area (TPSA) is 29.1 Å². The van der Waals surface area contributed by atoms with Crippen molar-refractivity contribution in [2.45, 2.75) is 6.92 Å². The quantitative estimate of drug-likeness (QED) is 0.732. The summed E-state index contributed by atoms with van der Waals surface area (Å²) < 4.78 is 13.1. The summed E-state index contributed by atoms with van der Waals surface area (Å²) in [5, 5.41) is 2.56. The Morgan fingerprint density at radius 1 is 1.50 bits per heavy atom. The number of hydrogen-bond acceptors (Lipinski definition) is 1. The Hall–Kier alpha value is -1.64. The fraction of sp³-hybridized carbons (Fsp3) is 0.182. The second-order valence-corrected chi connectivity index (χ2v) is 3.12. The fourth-order valence-electron chi connectivity index (χ4n) is 0.972. The van der Waals surface area contributed by atoms with Crippen molar-refractivity contribution in [2.75, 3.05) is 6.54 Å². The maximum atomic E-state index is 13.1. The lowest BCUT2D eigenvalue weighted by Gasteiger charge is -2.04. The van der Waals surface area contributed by atoms with Gasteiger partial charge < -0.3 is 5.32 Å². The first-order valence-corrected chi connectivity index (χ1v) is 4.28. The summed E-state index contributed by atoms with van der Waals surface area (Å²) in [4.78, 5) is 11.4. The highest BCUT2D eigenvalue weighted by molar-refractivity contribution is 5.94. The molecule has 1 rings (SSSR count). The molecule has 0 bridgehead atoms. The molecule has 3 heteroatoms. The number of carbonyl (C=O) groups excluding carboxylic acids is 1. The molecule has 0 unspecified atom stereocenters. The molecule has 0 heterocycles. The highest BCUT2D eigenvalue weighted by Crippen LogP contribution is 2.05. The third kappa shape index (κ3) is 2.69. The van der Waals surface area contributed by atoms with Gasteiger partial charge in [-0.15, -0.1) is 0 Å². The van der Waals surface area contributed by atoms with Gasteiger partial charge in [0.1, 0.15) is 5.82 Å². The Morgan fingerprint density at radius 3 is 2.71 bits per heavy atom. The maximum Gasteiger partial charge on any atom is 0.254 e. The maximum absolute atomic E-state index is 13.1. The summed E-state index contributed by atoms with van der Waals surface area (Å²) in [6.45, 7) is 5.80. The van der Waals surface area contributed by atoms with Crippen LogP contribution in [-0.2, 0) is 0 Å². The number of amides is 1. The molecule has 1 aromatic carbocycles. The van der Waals surface area contributed by atoms with Crippen molar-refractivity contribution in [3.05, 3.63) is 47.8 Å². The number of benzene rings is 1. The number of halogens is 1. The summed E-state index contributed by atoms with van der Waals surface area (Å²) in [5.74, 6) is -0.919. The average molecular weight is 193 g/mol. The molecular weight excluding hydrogens is 181 g/mol. The van der Waals surface area contributed by atoms with Crippen molar-refractivity contribution in [3.63, 3.8) is 0 Å². The van der Waals surface area contributed by atoms with Crippen molar-refractivity contribution in [3.8, 4) is 0 Å². The molecule has 1 aromatic rings. The normalized spacial score (nSPS) is 9.57. The van der Waals surface area contributed by atoms with E-state index in [1.165, 1.54) is 12.1 Å². The lowest BCUT2D eigenvalue weighted by Crippen LogP contribution is -2.25. The van der Waals surface area contributed by atoms with Gasteiger partial charge in [0.2, 0.25) is 0 Å². The fourth-order valence-corrected chi connectivity index (χ4v) is 0.972. The molecule has 0 saturated heterocycles. The van der Waals surface area contributed by atoms with Gasteiger partial charge >= 0.3 is 0 Å². The second kappa shape index (κ2) is 4.56. The minimum atomic E-state index is -0.508. The Morgan fingerprint density at radius 2 is 2.14 bits per heavy atom. The summed E-state index contributed by atoms with van der Waals surface area (Å²) in [5.41, 5.74) is 0.892. The highest BCUT2D eigenvalue weighted by atomic mass is 19.1. The minimum Gasteiger partial charge on any atom is -0.348 e. The zero-order chi connectivity index (χ0) is 10.6. The van der Waals surface area contributed by atoms with Gasteiger partial charge in [0.05, 0.1) is 5.56 Å². The van der Waals surface area contributed by atoms with E-state index in [4.69, 9.17) is 0 Å². The summed E-state index contributed by atoms with van der Waals surface area (Å²) >= 11 is 0. The molecule has 2 nitrogen and oxygen atoms in total. The molecule has 1 N–H and O–H groups in total. The predicted molar refractivity (Wildman–Crippen MR) is 53.5 cm³/mol. The van der Waals surface area contributed by atoms with Crippen LogP contribution in [0.5, 0.6) is 0 Å². The first-order valence-electron chi connectivity index (χ1n) is 4.28. The zero-order valence-corrected chi connectivity index (χ0v) is 8.01. The molecule has 1 amide bonds. The van der Waals surface area contributed by atoms with E-state index in [9.17, 15) is 9.18 Å². The van der Waals surface area contributed by atoms with Gasteiger partial charge in [0, 0.05) is 6.54 Å². The summed E-state index contributed by atoms with van der Waals surface area (Å²) in [7, 11) is 0. The summed E-state index contributed by atoms with van der Waals surface area (Å²) in [6.07, 6.45) is 0. The molecule has 0 aliphatic heterocycles. The van der Waals surface area contributed by atoms with E-state index in [1.807, 2.05) is 0 Å². The van der Waals surface area contributed by atoms with Crippen molar-refractivity contribution < 1.29 is 9.18 Å². The third-order valence-electron chi connectivity index (χ3n) is 1.67. The third-order valence-corrected chi connectivity index (χ3v) is 1.67. The minimum absolute atomic E-state index is 0.0637. The number of rotatable bonds is 3. The Kier molecular flexibility index (Phi) is 3.40. The van der Waals surface area contributed by atoms with Gasteiger partial charge in [0.15, 0.2) is 0 Å². The molecule has 0 spiro atoms. The van der Waals surface area contributed by atoms with Crippen LogP contribution in [0.2, 0.25) is 0 Å². The van der Waals surface area contributed by atoms with Gasteiger partial charge in [-0.1, -0.05) is 24.3 Å². The first-order chi connectivity index (χ1) is 6.61. The van der Waals surface area contributed by atoms with Crippen molar-refractivity contribution in [1.82, 2.24) is 5.32 Å². The smallest absolute Gasteiger partial charge is 0.254 e. The Bertz CT molecular complexity index is 360. The second-order valence-electron chi connectivity index (χ2n) is 3.12. The molecule has 0 atom stereocenters. The average Bonchev–Trinajstić information content (AvgIpc) is 2.15. The van der Waals surface area contributed by atoms with Crippen LogP contribution < -0.4 is 5.32 Å². The molecule has 0 fully saturated rings. The standard InChI is InChI=1S/C11H12FNO/c1-8(2)7-13-11(14)9-5-3-4-6-10(9)12/h3-6H,1,7H2,2H3,(H,13,14). The van der Waals surface area contributed by atoms with Crippen LogP contribution in [-0.4, -0.2) is 12.5 Å². The van der Waals surface area contributed by atoms with Crippen molar-refractivity contribution in [2.24, 2.45) is 0 Å². The van der Waals surface area contributed by atoms with E-state index < -0.39 is 11.7 Å². The van der Waals surface area contributed by atoms with Gasteiger partial charge in [0.25, 0.3) is 5.91 Å². The number of carbonyl (C=O) groups is 1. The van der Waals surface area contributed by atoms with Gasteiger partial charge in [-0.05, 0) is 19.1 Å². The van der Waals surface area contributed by atoms with E-state index >= 15 is 0 Å². The molecule has 0 aliphatic carbocycles. The Labute approximate surface area is 82.4 Å². The SMILES string of the molecule is C=C(C)CNC(=O)c1ccccc1F. The molecule has 0 aromatic heterocycles. The van der Waals surface area contributed by atoms with E-state index in [2.05, 4.69) is 11.9 Å². The lowest BCUT2D eigenvalue weighted by molar-refractivity contribution is 0.0953. The van der Waals surface area contributed by atoms with Gasteiger partial charge in [-0.25, -0.2) is 4.39 Å². The van der Waals surface area contributed by atoms with Gasteiger partial charge in [-0.2, -0.15) is 0 Å². The predicted octanol–water partition coefficient (Wildman–Crippen LogP) is 2.13. The largest absolute Gasteiger partial charge is 0.348 e. The molecule has 0 saturated carbocycles. The zero-order valence-electron chi connectivity index (χ0n) is 8.01. The number of nitrogens with one attached hydrogen (secondary N) is 1. The number of hydrogen-bond donors (Lipinski definition) is 1. The molecule has 14 heavy (non-hydrogen) atoms. The van der Waals surface area contributed by atoms with E-state index in [1.54, 1.807) is 19.1 Å². The molecule has 74 valence electrons. The van der Waals surface area contributed by atoms with Gasteiger partial charge in [-0.3, -0.25) is 4.79 Å². The van der Waals surface area contributed by atoms with E-state index in [0.29, 0.717) is 6.54 Å². The van der Waals surface area contributed by atoms with E-state index in [-0.39, 0.29) is 5.56 Å². The van der Waals surface area contributed by atoms with Crippen LogP contribution in [0.3, 0.4) is 0 Å². The van der Waals surface area contributed by atoms with Crippen molar-refractivity contribution in [1.29, 1.82) is 0 Å². The van der Waals surface area contributed by atoms with Crippen LogP contribution in [0.15, 0.2) is 36.4 Å². The molecule has 0 radical (unpaired) electrons. The van der Waals surface area contributed by atoms with Crippen LogP contribution in [0.1, 0.15) is 17.3 Å². The molecule has 0 aliphatic rings. The Balaban J connectivity index is 2.70. The first kappa shape index (κ1) is 10.4.